The maximum Gasteiger partial charge on any atom is 0.266 e. The number of amides is 1. The summed E-state index contributed by atoms with van der Waals surface area (Å²) in [7, 11) is 3.00. The molecule has 2 aromatic carbocycles. The molecular weight excluding hydrogens is 454 g/mol. The molecule has 0 atom stereocenters. The number of ether oxygens (including phenoxy) is 2. The van der Waals surface area contributed by atoms with Crippen molar-refractivity contribution in [1.82, 2.24) is 9.55 Å². The van der Waals surface area contributed by atoms with Crippen LogP contribution >= 0.6 is 11.3 Å². The minimum absolute atomic E-state index is 0.197. The molecule has 4 rings (SSSR count). The molecule has 0 spiro atoms. The molecule has 1 N–H and O–H groups in total. The van der Waals surface area contributed by atoms with Crippen molar-refractivity contribution in [3.05, 3.63) is 80.7 Å². The third-order valence-corrected chi connectivity index (χ3v) is 6.73. The van der Waals surface area contributed by atoms with Crippen LogP contribution in [0.25, 0.3) is 10.2 Å². The quantitative estimate of drug-likeness (QED) is 0.400. The molecule has 0 radical (unpaired) electrons. The number of benzene rings is 2. The topological polar surface area (TPSA) is 99.5 Å². The smallest absolute Gasteiger partial charge is 0.266 e. The highest BCUT2D eigenvalue weighted by Crippen LogP contribution is 2.29. The molecule has 0 saturated carbocycles. The van der Waals surface area contributed by atoms with Crippen molar-refractivity contribution >= 4 is 38.9 Å². The summed E-state index contributed by atoms with van der Waals surface area (Å²) in [5, 5.41) is 3.23. The lowest BCUT2D eigenvalue weighted by atomic mass is 10.1. The zero-order valence-corrected chi connectivity index (χ0v) is 20.0. The monoisotopic (exact) mass is 477 g/mol. The van der Waals surface area contributed by atoms with Gasteiger partial charge in [-0.15, -0.1) is 11.3 Å². The normalized spacial score (nSPS) is 10.8. The fraction of sp³-hybridized carbons (Fsp3) is 0.200. The summed E-state index contributed by atoms with van der Waals surface area (Å²) in [5.74, 6) is 0.341. The van der Waals surface area contributed by atoms with Crippen molar-refractivity contribution in [1.29, 1.82) is 0 Å². The zero-order valence-electron chi connectivity index (χ0n) is 19.2. The van der Waals surface area contributed by atoms with E-state index < -0.39 is 0 Å². The molecular formula is C25H23N3O5S. The van der Waals surface area contributed by atoms with Gasteiger partial charge in [0.25, 0.3) is 11.5 Å². The first-order chi connectivity index (χ1) is 16.3. The first-order valence-electron chi connectivity index (χ1n) is 10.4. The Balaban J connectivity index is 1.64. The minimum atomic E-state index is -0.373. The molecule has 9 heteroatoms. The summed E-state index contributed by atoms with van der Waals surface area (Å²) in [5.41, 5.74) is 2.18. The van der Waals surface area contributed by atoms with Crippen molar-refractivity contribution in [3.63, 3.8) is 0 Å². The van der Waals surface area contributed by atoms with Gasteiger partial charge in [0.15, 0.2) is 17.3 Å². The molecule has 0 unspecified atom stereocenters. The van der Waals surface area contributed by atoms with Crippen LogP contribution in [0.1, 0.15) is 31.2 Å². The van der Waals surface area contributed by atoms with Crippen LogP contribution in [0, 0.1) is 13.8 Å². The predicted molar refractivity (Wildman–Crippen MR) is 132 cm³/mol. The molecule has 34 heavy (non-hydrogen) atoms. The highest BCUT2D eigenvalue weighted by atomic mass is 32.1. The summed E-state index contributed by atoms with van der Waals surface area (Å²) in [6, 6.07) is 12.3. The number of anilines is 1. The molecule has 0 saturated heterocycles. The van der Waals surface area contributed by atoms with Crippen molar-refractivity contribution in [3.8, 4) is 11.5 Å². The number of nitrogens with zero attached hydrogens (tertiary/aromatic N) is 2. The van der Waals surface area contributed by atoms with Gasteiger partial charge in [-0.1, -0.05) is 18.2 Å². The van der Waals surface area contributed by atoms with Gasteiger partial charge in [0.2, 0.25) is 0 Å². The van der Waals surface area contributed by atoms with E-state index in [1.54, 1.807) is 25.1 Å². The molecule has 1 amide bonds. The van der Waals surface area contributed by atoms with E-state index in [-0.39, 0.29) is 23.8 Å². The number of aromatic nitrogens is 2. The number of para-hydroxylation sites is 1. The van der Waals surface area contributed by atoms with Crippen molar-refractivity contribution in [2.75, 3.05) is 19.5 Å². The number of Topliss-reactive ketones (excluding diaryl/α,β-unsaturated/α-hetero) is 1. The predicted octanol–water partition coefficient (Wildman–Crippen LogP) is 4.23. The summed E-state index contributed by atoms with van der Waals surface area (Å²) < 4.78 is 11.7. The molecule has 0 aliphatic heterocycles. The van der Waals surface area contributed by atoms with Gasteiger partial charge in [-0.05, 0) is 49.2 Å². The van der Waals surface area contributed by atoms with E-state index in [1.807, 2.05) is 31.2 Å². The zero-order chi connectivity index (χ0) is 24.4. The Kier molecular flexibility index (Phi) is 6.47. The number of nitrogens with one attached hydrogen (secondary N) is 1. The van der Waals surface area contributed by atoms with Gasteiger partial charge in [-0.2, -0.15) is 0 Å². The molecule has 2 aromatic heterocycles. The summed E-state index contributed by atoms with van der Waals surface area (Å²) in [6.45, 7) is 3.43. The van der Waals surface area contributed by atoms with Crippen molar-refractivity contribution in [2.24, 2.45) is 0 Å². The maximum atomic E-state index is 13.2. The lowest BCUT2D eigenvalue weighted by Crippen LogP contribution is -2.24. The number of carbonyl (C=O) groups is 2. The number of fused-ring (bicyclic) bond motifs is 1. The third kappa shape index (κ3) is 4.29. The Morgan fingerprint density at radius 3 is 2.50 bits per heavy atom. The van der Waals surface area contributed by atoms with Gasteiger partial charge in [0.1, 0.15) is 4.83 Å². The molecule has 174 valence electrons. The van der Waals surface area contributed by atoms with E-state index in [1.165, 1.54) is 25.1 Å². The van der Waals surface area contributed by atoms with Crippen LogP contribution in [0.3, 0.4) is 0 Å². The Bertz CT molecular complexity index is 1470. The second kappa shape index (κ2) is 9.48. The number of thiophene rings is 1. The maximum absolute atomic E-state index is 13.2. The number of aryl methyl sites for hydroxylation is 2. The van der Waals surface area contributed by atoms with Gasteiger partial charge < -0.3 is 14.8 Å². The van der Waals surface area contributed by atoms with Crippen molar-refractivity contribution < 1.29 is 19.1 Å². The average Bonchev–Trinajstić information content (AvgIpc) is 3.18. The molecule has 0 aliphatic rings. The lowest BCUT2D eigenvalue weighted by Gasteiger charge is -2.10. The fourth-order valence-corrected chi connectivity index (χ4v) is 4.67. The second-order valence-electron chi connectivity index (χ2n) is 7.68. The van der Waals surface area contributed by atoms with Crippen LogP contribution in [0.5, 0.6) is 11.5 Å². The van der Waals surface area contributed by atoms with Gasteiger partial charge in [-0.25, -0.2) is 4.98 Å². The highest BCUT2D eigenvalue weighted by molar-refractivity contribution is 7.20. The average molecular weight is 478 g/mol. The Hall–Kier alpha value is -3.98. The van der Waals surface area contributed by atoms with Crippen LogP contribution in [0.4, 0.5) is 5.69 Å². The van der Waals surface area contributed by atoms with Crippen LogP contribution in [-0.4, -0.2) is 35.5 Å². The SMILES string of the molecule is COc1ccc(C(=O)Cn2cnc3sc(C(=O)Nc4ccccc4C)c(C)c3c2=O)cc1OC. The van der Waals surface area contributed by atoms with E-state index in [4.69, 9.17) is 9.47 Å². The lowest BCUT2D eigenvalue weighted by molar-refractivity contribution is 0.0969. The largest absolute Gasteiger partial charge is 0.493 e. The van der Waals surface area contributed by atoms with Crippen LogP contribution < -0.4 is 20.3 Å². The van der Waals surface area contributed by atoms with Gasteiger partial charge in [-0.3, -0.25) is 19.0 Å². The number of hydrogen-bond acceptors (Lipinski definition) is 7. The molecule has 0 aliphatic carbocycles. The molecule has 8 nitrogen and oxygen atoms in total. The highest BCUT2D eigenvalue weighted by Gasteiger charge is 2.21. The number of carbonyl (C=O) groups excluding carboxylic acids is 2. The number of methoxy groups -OCH3 is 2. The fourth-order valence-electron chi connectivity index (χ4n) is 3.64. The Labute approximate surface area is 199 Å². The van der Waals surface area contributed by atoms with E-state index in [0.29, 0.717) is 43.4 Å². The first kappa shape index (κ1) is 23.2. The molecule has 0 fully saturated rings. The number of hydrogen-bond donors (Lipinski definition) is 1. The Morgan fingerprint density at radius 1 is 1.06 bits per heavy atom. The van der Waals surface area contributed by atoms with Crippen molar-refractivity contribution in [2.45, 2.75) is 20.4 Å². The van der Waals surface area contributed by atoms with Gasteiger partial charge in [0.05, 0.1) is 37.4 Å². The van der Waals surface area contributed by atoms with Crippen LogP contribution in [0.15, 0.2) is 53.6 Å². The molecule has 4 aromatic rings. The van der Waals surface area contributed by atoms with Crippen LogP contribution in [-0.2, 0) is 6.54 Å². The minimum Gasteiger partial charge on any atom is -0.493 e. The summed E-state index contributed by atoms with van der Waals surface area (Å²) in [4.78, 5) is 44.2. The third-order valence-electron chi connectivity index (χ3n) is 5.54. The molecule has 2 heterocycles. The van der Waals surface area contributed by atoms with Crippen LogP contribution in [0.2, 0.25) is 0 Å². The van der Waals surface area contributed by atoms with E-state index in [2.05, 4.69) is 10.3 Å². The second-order valence-corrected chi connectivity index (χ2v) is 8.68. The molecule has 0 bridgehead atoms. The summed E-state index contributed by atoms with van der Waals surface area (Å²) >= 11 is 1.15. The van der Waals surface area contributed by atoms with E-state index in [0.717, 1.165) is 16.9 Å². The first-order valence-corrected chi connectivity index (χ1v) is 11.3. The number of ketones is 1. The summed E-state index contributed by atoms with van der Waals surface area (Å²) in [6.07, 6.45) is 1.34. The van der Waals surface area contributed by atoms with Gasteiger partial charge >= 0.3 is 0 Å². The standard InChI is InChI=1S/C25H23N3O5S/c1-14-7-5-6-8-17(14)27-23(30)22-15(2)21-24(34-22)26-13-28(25(21)31)12-18(29)16-9-10-19(32-3)20(11-16)33-4/h5-11,13H,12H2,1-4H3,(H,27,30). The Morgan fingerprint density at radius 2 is 1.79 bits per heavy atom. The van der Waals surface area contributed by atoms with Gasteiger partial charge in [0, 0.05) is 11.3 Å². The van der Waals surface area contributed by atoms with E-state index >= 15 is 0 Å². The number of rotatable bonds is 7. The van der Waals surface area contributed by atoms with E-state index in [9.17, 15) is 14.4 Å².